The van der Waals surface area contributed by atoms with E-state index in [9.17, 15) is 10.1 Å². The van der Waals surface area contributed by atoms with Gasteiger partial charge in [0, 0.05) is 16.1 Å². The van der Waals surface area contributed by atoms with Gasteiger partial charge in [-0.1, -0.05) is 12.1 Å². The minimum atomic E-state index is -0.498. The number of anilines is 1. The summed E-state index contributed by atoms with van der Waals surface area (Å²) in [6, 6.07) is 14.2. The molecule has 2 aromatic carbocycles. The number of carbonyl (C=O) groups excluding carboxylic acids is 1. The Bertz CT molecular complexity index is 825. The van der Waals surface area contributed by atoms with Crippen LogP contribution in [0, 0.1) is 11.3 Å². The standard InChI is InChI=1S/C18H15BrN2O3/c1-23-14-8-7-12(17(10-14)24-2)9-13(11-20)18(22)21-16-6-4-3-5-15(16)19/h3-10H,1-2H3,(H,21,22)/b13-9-. The largest absolute Gasteiger partial charge is 0.497 e. The average Bonchev–Trinajstić information content (AvgIpc) is 2.61. The molecule has 5 nitrogen and oxygen atoms in total. The third kappa shape index (κ3) is 4.15. The number of rotatable bonds is 5. The van der Waals surface area contributed by atoms with E-state index in [-0.39, 0.29) is 5.57 Å². The lowest BCUT2D eigenvalue weighted by atomic mass is 10.1. The Kier molecular flexibility index (Phi) is 5.99. The number of para-hydroxylation sites is 1. The summed E-state index contributed by atoms with van der Waals surface area (Å²) >= 11 is 3.35. The number of nitriles is 1. The van der Waals surface area contributed by atoms with Crippen LogP contribution in [-0.2, 0) is 4.79 Å². The third-order valence-corrected chi connectivity index (χ3v) is 3.92. The van der Waals surface area contributed by atoms with Crippen LogP contribution in [0.1, 0.15) is 5.56 Å². The number of nitrogens with one attached hydrogen (secondary N) is 1. The van der Waals surface area contributed by atoms with Crippen LogP contribution in [0.15, 0.2) is 52.5 Å². The SMILES string of the molecule is COc1ccc(/C=C(/C#N)C(=O)Nc2ccccc2Br)c(OC)c1. The van der Waals surface area contributed by atoms with E-state index < -0.39 is 5.91 Å². The van der Waals surface area contributed by atoms with Crippen molar-refractivity contribution >= 4 is 33.6 Å². The maximum absolute atomic E-state index is 12.3. The smallest absolute Gasteiger partial charge is 0.266 e. The zero-order chi connectivity index (χ0) is 17.5. The predicted octanol–water partition coefficient (Wildman–Crippen LogP) is 4.01. The quantitative estimate of drug-likeness (QED) is 0.622. The van der Waals surface area contributed by atoms with Gasteiger partial charge in [-0.2, -0.15) is 5.26 Å². The van der Waals surface area contributed by atoms with Gasteiger partial charge in [0.1, 0.15) is 23.1 Å². The second-order valence-electron chi connectivity index (χ2n) is 4.71. The molecule has 0 saturated carbocycles. The Balaban J connectivity index is 2.31. The number of hydrogen-bond acceptors (Lipinski definition) is 4. The van der Waals surface area contributed by atoms with Gasteiger partial charge in [0.05, 0.1) is 19.9 Å². The number of ether oxygens (including phenoxy) is 2. The highest BCUT2D eigenvalue weighted by Crippen LogP contribution is 2.27. The fraction of sp³-hybridized carbons (Fsp3) is 0.111. The first-order chi connectivity index (χ1) is 11.6. The summed E-state index contributed by atoms with van der Waals surface area (Å²) in [4.78, 5) is 12.3. The average molecular weight is 387 g/mol. The van der Waals surface area contributed by atoms with E-state index >= 15 is 0 Å². The Morgan fingerprint density at radius 2 is 1.96 bits per heavy atom. The van der Waals surface area contributed by atoms with Crippen molar-refractivity contribution < 1.29 is 14.3 Å². The number of amides is 1. The maximum Gasteiger partial charge on any atom is 0.266 e. The summed E-state index contributed by atoms with van der Waals surface area (Å²) in [5.74, 6) is 0.637. The second-order valence-corrected chi connectivity index (χ2v) is 5.57. The van der Waals surface area contributed by atoms with Crippen molar-refractivity contribution in [1.29, 1.82) is 5.26 Å². The molecule has 0 spiro atoms. The molecule has 2 rings (SSSR count). The molecule has 1 amide bonds. The lowest BCUT2D eigenvalue weighted by Gasteiger charge is -2.09. The molecule has 1 N–H and O–H groups in total. The Morgan fingerprint density at radius 1 is 1.21 bits per heavy atom. The summed E-state index contributed by atoms with van der Waals surface area (Å²) in [5.41, 5.74) is 1.16. The van der Waals surface area contributed by atoms with Gasteiger partial charge in [-0.05, 0) is 46.3 Å². The van der Waals surface area contributed by atoms with E-state index in [1.54, 1.807) is 43.5 Å². The minimum Gasteiger partial charge on any atom is -0.497 e. The van der Waals surface area contributed by atoms with Crippen molar-refractivity contribution in [3.63, 3.8) is 0 Å². The van der Waals surface area contributed by atoms with E-state index in [1.165, 1.54) is 13.2 Å². The number of halogens is 1. The monoisotopic (exact) mass is 386 g/mol. The van der Waals surface area contributed by atoms with Crippen LogP contribution in [0.4, 0.5) is 5.69 Å². The van der Waals surface area contributed by atoms with E-state index in [0.717, 1.165) is 4.47 Å². The molecule has 2 aromatic rings. The molecule has 0 heterocycles. The normalized spacial score (nSPS) is 10.7. The van der Waals surface area contributed by atoms with Crippen LogP contribution in [0.5, 0.6) is 11.5 Å². The summed E-state index contributed by atoms with van der Waals surface area (Å²) in [6.07, 6.45) is 1.48. The molecule has 0 aromatic heterocycles. The lowest BCUT2D eigenvalue weighted by molar-refractivity contribution is -0.112. The number of hydrogen-bond donors (Lipinski definition) is 1. The highest BCUT2D eigenvalue weighted by Gasteiger charge is 2.13. The predicted molar refractivity (Wildman–Crippen MR) is 95.9 cm³/mol. The number of carbonyl (C=O) groups is 1. The van der Waals surface area contributed by atoms with Gasteiger partial charge in [0.2, 0.25) is 0 Å². The van der Waals surface area contributed by atoms with Crippen molar-refractivity contribution in [2.75, 3.05) is 19.5 Å². The molecule has 0 aliphatic carbocycles. The second kappa shape index (κ2) is 8.18. The summed E-state index contributed by atoms with van der Waals surface area (Å²) < 4.78 is 11.1. The highest BCUT2D eigenvalue weighted by molar-refractivity contribution is 9.10. The van der Waals surface area contributed by atoms with Crippen molar-refractivity contribution in [2.45, 2.75) is 0 Å². The highest BCUT2D eigenvalue weighted by atomic mass is 79.9. The Morgan fingerprint density at radius 3 is 2.58 bits per heavy atom. The topological polar surface area (TPSA) is 71.3 Å². The molecule has 0 atom stereocenters. The molecule has 24 heavy (non-hydrogen) atoms. The van der Waals surface area contributed by atoms with E-state index in [4.69, 9.17) is 9.47 Å². The number of benzene rings is 2. The Hall–Kier alpha value is -2.78. The van der Waals surface area contributed by atoms with E-state index in [0.29, 0.717) is 22.7 Å². The van der Waals surface area contributed by atoms with Gasteiger partial charge in [-0.3, -0.25) is 4.79 Å². The fourth-order valence-corrected chi connectivity index (χ4v) is 2.38. The zero-order valence-corrected chi connectivity index (χ0v) is 14.8. The summed E-state index contributed by atoms with van der Waals surface area (Å²) in [6.45, 7) is 0. The van der Waals surface area contributed by atoms with Crippen molar-refractivity contribution in [1.82, 2.24) is 0 Å². The van der Waals surface area contributed by atoms with E-state index in [1.807, 2.05) is 12.1 Å². The molecule has 0 saturated heterocycles. The first kappa shape index (κ1) is 17.6. The molecule has 122 valence electrons. The molecule has 0 fully saturated rings. The fourth-order valence-electron chi connectivity index (χ4n) is 1.99. The minimum absolute atomic E-state index is 0.0331. The van der Waals surface area contributed by atoms with Crippen LogP contribution in [0.25, 0.3) is 6.08 Å². The zero-order valence-electron chi connectivity index (χ0n) is 13.2. The van der Waals surface area contributed by atoms with Crippen LogP contribution >= 0.6 is 15.9 Å². The number of methoxy groups -OCH3 is 2. The molecule has 0 bridgehead atoms. The molecule has 0 aliphatic heterocycles. The van der Waals surface area contributed by atoms with Gasteiger partial charge < -0.3 is 14.8 Å². The molecular formula is C18H15BrN2O3. The van der Waals surface area contributed by atoms with Crippen LogP contribution < -0.4 is 14.8 Å². The lowest BCUT2D eigenvalue weighted by Crippen LogP contribution is -2.13. The van der Waals surface area contributed by atoms with Crippen molar-refractivity contribution in [3.8, 4) is 17.6 Å². The van der Waals surface area contributed by atoms with Crippen molar-refractivity contribution in [3.05, 3.63) is 58.1 Å². The summed E-state index contributed by atoms with van der Waals surface area (Å²) in [5, 5.41) is 12.0. The first-order valence-electron chi connectivity index (χ1n) is 6.98. The molecule has 6 heteroatoms. The van der Waals surface area contributed by atoms with Gasteiger partial charge in [-0.25, -0.2) is 0 Å². The molecular weight excluding hydrogens is 372 g/mol. The number of nitrogens with zero attached hydrogens (tertiary/aromatic N) is 1. The van der Waals surface area contributed by atoms with Gasteiger partial charge in [0.25, 0.3) is 5.91 Å². The van der Waals surface area contributed by atoms with Crippen LogP contribution in [-0.4, -0.2) is 20.1 Å². The molecule has 0 radical (unpaired) electrons. The third-order valence-electron chi connectivity index (χ3n) is 3.23. The van der Waals surface area contributed by atoms with Crippen molar-refractivity contribution in [2.24, 2.45) is 0 Å². The Labute approximate surface area is 148 Å². The van der Waals surface area contributed by atoms with Crippen LogP contribution in [0.3, 0.4) is 0 Å². The first-order valence-corrected chi connectivity index (χ1v) is 7.78. The van der Waals surface area contributed by atoms with Gasteiger partial charge >= 0.3 is 0 Å². The molecule has 0 unspecified atom stereocenters. The van der Waals surface area contributed by atoms with E-state index in [2.05, 4.69) is 21.2 Å². The summed E-state index contributed by atoms with van der Waals surface area (Å²) in [7, 11) is 3.06. The van der Waals surface area contributed by atoms with Gasteiger partial charge in [0.15, 0.2) is 0 Å². The van der Waals surface area contributed by atoms with Gasteiger partial charge in [-0.15, -0.1) is 0 Å². The molecule has 0 aliphatic rings. The maximum atomic E-state index is 12.3. The van der Waals surface area contributed by atoms with Crippen LogP contribution in [0.2, 0.25) is 0 Å².